The number of carbonyl (C=O) groups excluding carboxylic acids is 1. The van der Waals surface area contributed by atoms with Crippen molar-refractivity contribution < 1.29 is 27.9 Å². The lowest BCUT2D eigenvalue weighted by molar-refractivity contribution is -0.143. The van der Waals surface area contributed by atoms with Crippen LogP contribution in [0.4, 0.5) is 0 Å². The number of rotatable bonds is 6. The van der Waals surface area contributed by atoms with Crippen molar-refractivity contribution in [2.75, 3.05) is 20.2 Å². The zero-order chi connectivity index (χ0) is 20.2. The van der Waals surface area contributed by atoms with Gasteiger partial charge in [0, 0.05) is 18.7 Å². The lowest BCUT2D eigenvalue weighted by atomic mass is 10.1. The van der Waals surface area contributed by atoms with E-state index in [4.69, 9.17) is 9.84 Å². The monoisotopic (exact) mass is 398 g/mol. The fraction of sp³-hybridized carbons (Fsp3) is 0.556. The first-order valence-corrected chi connectivity index (χ1v) is 10.3. The Morgan fingerprint density at radius 1 is 1.15 bits per heavy atom. The van der Waals surface area contributed by atoms with E-state index < -0.39 is 27.4 Å². The number of carboxylic acid groups (broad SMARTS) is 1. The fourth-order valence-electron chi connectivity index (χ4n) is 2.85. The highest BCUT2D eigenvalue weighted by Crippen LogP contribution is 2.29. The number of carbonyl (C=O) groups is 2. The van der Waals surface area contributed by atoms with Crippen LogP contribution in [0.15, 0.2) is 23.1 Å². The molecule has 0 radical (unpaired) electrons. The van der Waals surface area contributed by atoms with Crippen LogP contribution in [0.5, 0.6) is 5.75 Å². The Bertz CT molecular complexity index is 811. The van der Waals surface area contributed by atoms with E-state index in [0.29, 0.717) is 13.1 Å². The van der Waals surface area contributed by atoms with Gasteiger partial charge in [-0.05, 0) is 44.9 Å². The number of ether oxygens (including phenoxy) is 1. The van der Waals surface area contributed by atoms with Gasteiger partial charge in [0.2, 0.25) is 10.0 Å². The molecule has 27 heavy (non-hydrogen) atoms. The lowest BCUT2D eigenvalue weighted by Gasteiger charge is -2.23. The van der Waals surface area contributed by atoms with Crippen LogP contribution in [0.2, 0.25) is 0 Å². The minimum Gasteiger partial charge on any atom is -0.495 e. The highest BCUT2D eigenvalue weighted by Gasteiger charge is 2.32. The molecule has 0 unspecified atom stereocenters. The molecule has 2 rings (SSSR count). The minimum atomic E-state index is -3.83. The van der Waals surface area contributed by atoms with Crippen molar-refractivity contribution in [3.05, 3.63) is 23.8 Å². The molecule has 1 heterocycles. The Hall–Kier alpha value is -2.13. The predicted octanol–water partition coefficient (Wildman–Crippen LogP) is 1.85. The molecular formula is C18H26N2O6S. The second kappa shape index (κ2) is 8.26. The van der Waals surface area contributed by atoms with Crippen molar-refractivity contribution in [2.24, 2.45) is 0 Å². The number of nitrogens with zero attached hydrogens (tertiary/aromatic N) is 1. The molecule has 0 aromatic heterocycles. The zero-order valence-electron chi connectivity index (χ0n) is 15.8. The molecule has 1 saturated heterocycles. The third-order valence-corrected chi connectivity index (χ3v) is 6.49. The molecule has 1 aliphatic rings. The normalized spacial score (nSPS) is 16.4. The molecule has 1 aromatic carbocycles. The molecule has 2 N–H and O–H groups in total. The summed E-state index contributed by atoms with van der Waals surface area (Å²) < 4.78 is 32.8. The fourth-order valence-corrected chi connectivity index (χ4v) is 4.55. The van der Waals surface area contributed by atoms with Crippen molar-refractivity contribution in [3.8, 4) is 5.75 Å². The summed E-state index contributed by atoms with van der Waals surface area (Å²) in [4.78, 5) is 23.6. The molecule has 1 aromatic rings. The van der Waals surface area contributed by atoms with Gasteiger partial charge in [-0.15, -0.1) is 0 Å². The van der Waals surface area contributed by atoms with Gasteiger partial charge in [0.05, 0.1) is 7.11 Å². The van der Waals surface area contributed by atoms with Crippen molar-refractivity contribution in [1.29, 1.82) is 0 Å². The van der Waals surface area contributed by atoms with Crippen molar-refractivity contribution in [2.45, 2.75) is 50.0 Å². The molecule has 0 atom stereocenters. The number of hydrogen-bond acceptors (Lipinski definition) is 5. The van der Waals surface area contributed by atoms with Gasteiger partial charge in [-0.1, -0.05) is 12.8 Å². The number of benzene rings is 1. The predicted molar refractivity (Wildman–Crippen MR) is 99.4 cm³/mol. The maximum Gasteiger partial charge on any atom is 0.328 e. The molecule has 8 nitrogen and oxygen atoms in total. The van der Waals surface area contributed by atoms with E-state index in [1.807, 2.05) is 0 Å². The standard InChI is InChI=1S/C18H26N2O6S/c1-18(2,17(22)23)19-16(21)13-8-9-14(26-3)15(12-13)27(24,25)20-10-6-4-5-7-11-20/h8-9,12H,4-7,10-11H2,1-3H3,(H,19,21)(H,22,23). The van der Waals surface area contributed by atoms with E-state index in [1.54, 1.807) is 0 Å². The van der Waals surface area contributed by atoms with Crippen molar-refractivity contribution in [3.63, 3.8) is 0 Å². The summed E-state index contributed by atoms with van der Waals surface area (Å²) in [6.45, 7) is 3.55. The largest absolute Gasteiger partial charge is 0.495 e. The summed E-state index contributed by atoms with van der Waals surface area (Å²) in [7, 11) is -2.47. The van der Waals surface area contributed by atoms with E-state index in [9.17, 15) is 18.0 Å². The van der Waals surface area contributed by atoms with Gasteiger partial charge in [-0.25, -0.2) is 13.2 Å². The summed E-state index contributed by atoms with van der Waals surface area (Å²) in [6.07, 6.45) is 3.54. The Morgan fingerprint density at radius 2 is 1.74 bits per heavy atom. The Labute approximate surface area is 159 Å². The zero-order valence-corrected chi connectivity index (χ0v) is 16.6. The Kier molecular flexibility index (Phi) is 6.48. The van der Waals surface area contributed by atoms with Crippen LogP contribution in [0.1, 0.15) is 49.9 Å². The molecule has 1 fully saturated rings. The topological polar surface area (TPSA) is 113 Å². The third-order valence-electron chi connectivity index (χ3n) is 4.57. The molecular weight excluding hydrogens is 372 g/mol. The van der Waals surface area contributed by atoms with E-state index in [-0.39, 0.29) is 16.2 Å². The summed E-state index contributed by atoms with van der Waals surface area (Å²) in [6, 6.07) is 4.06. The third kappa shape index (κ3) is 4.78. The number of sulfonamides is 1. The summed E-state index contributed by atoms with van der Waals surface area (Å²) in [5.41, 5.74) is -1.43. The molecule has 0 bridgehead atoms. The second-order valence-corrected chi connectivity index (χ2v) is 8.97. The summed E-state index contributed by atoms with van der Waals surface area (Å²) >= 11 is 0. The molecule has 0 saturated carbocycles. The molecule has 1 aliphatic heterocycles. The molecule has 150 valence electrons. The first kappa shape index (κ1) is 21.2. The van der Waals surface area contributed by atoms with E-state index in [1.165, 1.54) is 43.5 Å². The summed E-state index contributed by atoms with van der Waals surface area (Å²) in [5.74, 6) is -1.72. The van der Waals surface area contributed by atoms with Gasteiger partial charge < -0.3 is 15.2 Å². The van der Waals surface area contributed by atoms with Crippen molar-refractivity contribution in [1.82, 2.24) is 9.62 Å². The number of aliphatic carboxylic acids is 1. The SMILES string of the molecule is COc1ccc(C(=O)NC(C)(C)C(=O)O)cc1S(=O)(=O)N1CCCCCC1. The minimum absolute atomic E-state index is 0.0542. The highest BCUT2D eigenvalue weighted by atomic mass is 32.2. The Balaban J connectivity index is 2.40. The quantitative estimate of drug-likeness (QED) is 0.756. The van der Waals surface area contributed by atoms with Crippen LogP contribution in [0, 0.1) is 0 Å². The van der Waals surface area contributed by atoms with Gasteiger partial charge in [0.25, 0.3) is 5.91 Å². The number of amides is 1. The number of methoxy groups -OCH3 is 1. The number of hydrogen-bond donors (Lipinski definition) is 2. The van der Waals surface area contributed by atoms with Crippen LogP contribution < -0.4 is 10.1 Å². The molecule has 9 heteroatoms. The van der Waals surface area contributed by atoms with E-state index in [0.717, 1.165) is 25.7 Å². The maximum atomic E-state index is 13.1. The highest BCUT2D eigenvalue weighted by molar-refractivity contribution is 7.89. The van der Waals surface area contributed by atoms with Gasteiger partial charge in [0.15, 0.2) is 0 Å². The first-order chi connectivity index (χ1) is 12.6. The van der Waals surface area contributed by atoms with Crippen LogP contribution >= 0.6 is 0 Å². The van der Waals surface area contributed by atoms with E-state index >= 15 is 0 Å². The van der Waals surface area contributed by atoms with Gasteiger partial charge in [-0.3, -0.25) is 4.79 Å². The smallest absolute Gasteiger partial charge is 0.328 e. The van der Waals surface area contributed by atoms with Gasteiger partial charge in [0.1, 0.15) is 16.2 Å². The van der Waals surface area contributed by atoms with Gasteiger partial charge >= 0.3 is 5.97 Å². The number of carboxylic acids is 1. The average Bonchev–Trinajstić information content (AvgIpc) is 2.90. The van der Waals surface area contributed by atoms with Crippen LogP contribution in [0.25, 0.3) is 0 Å². The lowest BCUT2D eigenvalue weighted by Crippen LogP contribution is -2.49. The van der Waals surface area contributed by atoms with E-state index in [2.05, 4.69) is 5.32 Å². The molecule has 0 aliphatic carbocycles. The molecule has 1 amide bonds. The van der Waals surface area contributed by atoms with Crippen molar-refractivity contribution >= 4 is 21.9 Å². The summed E-state index contributed by atoms with van der Waals surface area (Å²) in [5, 5.41) is 11.6. The number of nitrogens with one attached hydrogen (secondary N) is 1. The average molecular weight is 398 g/mol. The van der Waals surface area contributed by atoms with Crippen LogP contribution in [0.3, 0.4) is 0 Å². The van der Waals surface area contributed by atoms with Crippen LogP contribution in [-0.2, 0) is 14.8 Å². The second-order valence-electron chi connectivity index (χ2n) is 7.07. The van der Waals surface area contributed by atoms with Gasteiger partial charge in [-0.2, -0.15) is 4.31 Å². The van der Waals surface area contributed by atoms with Crippen LogP contribution in [-0.4, -0.2) is 55.4 Å². The first-order valence-electron chi connectivity index (χ1n) is 8.83. The Morgan fingerprint density at radius 3 is 2.26 bits per heavy atom. The maximum absolute atomic E-state index is 13.1. The molecule has 0 spiro atoms.